The first-order valence-corrected chi connectivity index (χ1v) is 13.1. The molecule has 1 unspecified atom stereocenters. The standard InChI is InChI=1S/C26H29FN4O3S/c27-18-5-8-24(28-15-18)30-25(32)23(13-17-9-11-34-12-10-17)31-16-29-22-14-20(6-7-21(22)26(31)33)35-19-3-1-2-4-19/h5-8,14-17,19,23H,1-4,9-13H2,(H,28,30,32). The van der Waals surface area contributed by atoms with Gasteiger partial charge in [0.25, 0.3) is 5.56 Å². The molecule has 7 nitrogen and oxygen atoms in total. The van der Waals surface area contributed by atoms with Gasteiger partial charge < -0.3 is 10.1 Å². The van der Waals surface area contributed by atoms with Crippen molar-refractivity contribution < 1.29 is 13.9 Å². The molecule has 3 heterocycles. The van der Waals surface area contributed by atoms with Crippen molar-refractivity contribution in [3.05, 3.63) is 59.0 Å². The number of carbonyl (C=O) groups is 1. The van der Waals surface area contributed by atoms with E-state index in [9.17, 15) is 14.0 Å². The Morgan fingerprint density at radius 2 is 1.94 bits per heavy atom. The van der Waals surface area contributed by atoms with Gasteiger partial charge in [0.15, 0.2) is 0 Å². The molecule has 1 N–H and O–H groups in total. The molecule has 2 aromatic heterocycles. The molecule has 184 valence electrons. The van der Waals surface area contributed by atoms with Crippen molar-refractivity contribution in [3.8, 4) is 0 Å². The molecule has 3 aromatic rings. The van der Waals surface area contributed by atoms with E-state index >= 15 is 0 Å². The van der Waals surface area contributed by atoms with Crippen LogP contribution in [0, 0.1) is 11.7 Å². The van der Waals surface area contributed by atoms with Gasteiger partial charge in [0, 0.05) is 23.4 Å². The SMILES string of the molecule is O=C(Nc1ccc(F)cn1)C(CC1CCOCC1)n1cnc2cc(SC3CCCC3)ccc2c1=O. The Labute approximate surface area is 207 Å². The highest BCUT2D eigenvalue weighted by Gasteiger charge is 2.28. The van der Waals surface area contributed by atoms with E-state index in [1.54, 1.807) is 0 Å². The van der Waals surface area contributed by atoms with Crippen LogP contribution in [0.3, 0.4) is 0 Å². The number of hydrogen-bond acceptors (Lipinski definition) is 6. The Bertz CT molecular complexity index is 1240. The van der Waals surface area contributed by atoms with E-state index in [-0.39, 0.29) is 23.2 Å². The maximum Gasteiger partial charge on any atom is 0.261 e. The van der Waals surface area contributed by atoms with Gasteiger partial charge in [-0.05, 0) is 68.4 Å². The molecule has 2 aliphatic rings. The summed E-state index contributed by atoms with van der Waals surface area (Å²) in [7, 11) is 0. The minimum atomic E-state index is -0.762. The van der Waals surface area contributed by atoms with Gasteiger partial charge in [-0.3, -0.25) is 14.2 Å². The second-order valence-electron chi connectivity index (χ2n) is 9.32. The average molecular weight is 497 g/mol. The number of ether oxygens (including phenoxy) is 1. The summed E-state index contributed by atoms with van der Waals surface area (Å²) in [5.41, 5.74) is 0.395. The van der Waals surface area contributed by atoms with E-state index < -0.39 is 11.9 Å². The Hall–Kier alpha value is -2.78. The van der Waals surface area contributed by atoms with Crippen molar-refractivity contribution in [1.29, 1.82) is 0 Å². The molecule has 0 bridgehead atoms. The summed E-state index contributed by atoms with van der Waals surface area (Å²) in [6, 6.07) is 7.66. The number of pyridine rings is 1. The van der Waals surface area contributed by atoms with Crippen molar-refractivity contribution >= 4 is 34.4 Å². The quantitative estimate of drug-likeness (QED) is 0.498. The first kappa shape index (κ1) is 23.9. The molecule has 35 heavy (non-hydrogen) atoms. The van der Waals surface area contributed by atoms with Gasteiger partial charge in [-0.15, -0.1) is 11.8 Å². The van der Waals surface area contributed by atoms with E-state index in [0.29, 0.717) is 35.8 Å². The third-order valence-corrected chi connectivity index (χ3v) is 8.21. The molecule has 1 saturated carbocycles. The zero-order valence-electron chi connectivity index (χ0n) is 19.5. The lowest BCUT2D eigenvalue weighted by molar-refractivity contribution is -0.120. The summed E-state index contributed by atoms with van der Waals surface area (Å²) in [6.45, 7) is 1.29. The number of thioether (sulfide) groups is 1. The van der Waals surface area contributed by atoms with E-state index in [4.69, 9.17) is 4.74 Å². The van der Waals surface area contributed by atoms with Gasteiger partial charge in [0.05, 0.1) is 23.4 Å². The molecule has 5 rings (SSSR count). The lowest BCUT2D eigenvalue weighted by atomic mass is 9.92. The van der Waals surface area contributed by atoms with Crippen LogP contribution >= 0.6 is 11.8 Å². The molecule has 1 aliphatic carbocycles. The molecule has 0 spiro atoms. The molecular formula is C26H29FN4O3S. The number of carbonyl (C=O) groups excluding carboxylic acids is 1. The minimum absolute atomic E-state index is 0.240. The van der Waals surface area contributed by atoms with Crippen LogP contribution in [-0.4, -0.2) is 38.9 Å². The van der Waals surface area contributed by atoms with E-state index in [1.165, 1.54) is 48.7 Å². The van der Waals surface area contributed by atoms with E-state index in [0.717, 1.165) is 23.9 Å². The molecule has 2 fully saturated rings. The van der Waals surface area contributed by atoms with Crippen LogP contribution in [0.1, 0.15) is 51.0 Å². The van der Waals surface area contributed by atoms with Crippen molar-refractivity contribution in [2.45, 2.75) is 61.1 Å². The summed E-state index contributed by atoms with van der Waals surface area (Å²) in [5, 5.41) is 3.86. The lowest BCUT2D eigenvalue weighted by Gasteiger charge is -2.27. The Morgan fingerprint density at radius 3 is 2.69 bits per heavy atom. The molecule has 1 amide bonds. The van der Waals surface area contributed by atoms with Crippen LogP contribution in [0.25, 0.3) is 10.9 Å². The van der Waals surface area contributed by atoms with Gasteiger partial charge in [0.1, 0.15) is 17.7 Å². The van der Waals surface area contributed by atoms with E-state index in [1.807, 2.05) is 30.0 Å². The monoisotopic (exact) mass is 496 g/mol. The first-order chi connectivity index (χ1) is 17.1. The van der Waals surface area contributed by atoms with Crippen molar-refractivity contribution in [1.82, 2.24) is 14.5 Å². The fourth-order valence-electron chi connectivity index (χ4n) is 4.91. The molecule has 1 aromatic carbocycles. The van der Waals surface area contributed by atoms with Crippen LogP contribution < -0.4 is 10.9 Å². The minimum Gasteiger partial charge on any atom is -0.381 e. The lowest BCUT2D eigenvalue weighted by Crippen LogP contribution is -2.35. The number of anilines is 1. The van der Waals surface area contributed by atoms with Gasteiger partial charge in [0.2, 0.25) is 5.91 Å². The number of nitrogens with one attached hydrogen (secondary N) is 1. The maximum absolute atomic E-state index is 13.5. The number of nitrogens with zero attached hydrogens (tertiary/aromatic N) is 3. The largest absolute Gasteiger partial charge is 0.381 e. The summed E-state index contributed by atoms with van der Waals surface area (Å²) in [6.07, 6.45) is 9.68. The highest BCUT2D eigenvalue weighted by atomic mass is 32.2. The van der Waals surface area contributed by atoms with Crippen molar-refractivity contribution in [2.75, 3.05) is 18.5 Å². The summed E-state index contributed by atoms with van der Waals surface area (Å²) >= 11 is 1.85. The molecular weight excluding hydrogens is 467 g/mol. The summed E-state index contributed by atoms with van der Waals surface area (Å²) in [4.78, 5) is 36.5. The highest BCUT2D eigenvalue weighted by molar-refractivity contribution is 8.00. The molecule has 1 atom stereocenters. The predicted octanol–water partition coefficient (Wildman–Crippen LogP) is 4.96. The third kappa shape index (κ3) is 5.73. The summed E-state index contributed by atoms with van der Waals surface area (Å²) < 4.78 is 20.2. The zero-order valence-corrected chi connectivity index (χ0v) is 20.3. The van der Waals surface area contributed by atoms with Crippen molar-refractivity contribution in [2.24, 2.45) is 5.92 Å². The van der Waals surface area contributed by atoms with Crippen LogP contribution in [0.2, 0.25) is 0 Å². The number of aromatic nitrogens is 3. The number of hydrogen-bond donors (Lipinski definition) is 1. The molecule has 9 heteroatoms. The normalized spacial score (nSPS) is 18.1. The number of halogens is 1. The fourth-order valence-corrected chi connectivity index (χ4v) is 6.19. The van der Waals surface area contributed by atoms with Crippen LogP contribution in [0.15, 0.2) is 52.5 Å². The van der Waals surface area contributed by atoms with Crippen molar-refractivity contribution in [3.63, 3.8) is 0 Å². The predicted molar refractivity (Wildman–Crippen MR) is 134 cm³/mol. The number of amides is 1. The van der Waals surface area contributed by atoms with Gasteiger partial charge in [-0.25, -0.2) is 14.4 Å². The van der Waals surface area contributed by atoms with E-state index in [2.05, 4.69) is 15.3 Å². The van der Waals surface area contributed by atoms with Gasteiger partial charge >= 0.3 is 0 Å². The number of benzene rings is 1. The van der Waals surface area contributed by atoms with Crippen LogP contribution in [0.5, 0.6) is 0 Å². The molecule has 1 aliphatic heterocycles. The Kier molecular flexibility index (Phi) is 7.43. The molecule has 1 saturated heterocycles. The maximum atomic E-state index is 13.5. The first-order valence-electron chi connectivity index (χ1n) is 12.2. The van der Waals surface area contributed by atoms with Gasteiger partial charge in [-0.1, -0.05) is 12.8 Å². The third-order valence-electron chi connectivity index (χ3n) is 6.87. The fraction of sp³-hybridized carbons (Fsp3) is 0.462. The summed E-state index contributed by atoms with van der Waals surface area (Å²) in [5.74, 6) is -0.369. The Balaban J connectivity index is 1.43. The smallest absolute Gasteiger partial charge is 0.261 e. The number of rotatable bonds is 7. The number of fused-ring (bicyclic) bond motifs is 1. The van der Waals surface area contributed by atoms with Gasteiger partial charge in [-0.2, -0.15) is 0 Å². The molecule has 0 radical (unpaired) electrons. The second kappa shape index (κ2) is 10.9. The highest BCUT2D eigenvalue weighted by Crippen LogP contribution is 2.35. The second-order valence-corrected chi connectivity index (χ2v) is 10.7. The Morgan fingerprint density at radius 1 is 1.14 bits per heavy atom. The zero-order chi connectivity index (χ0) is 24.2. The average Bonchev–Trinajstić information content (AvgIpc) is 3.38. The topological polar surface area (TPSA) is 86.1 Å². The van der Waals surface area contributed by atoms with Crippen LogP contribution in [-0.2, 0) is 9.53 Å². The van der Waals surface area contributed by atoms with Crippen LogP contribution in [0.4, 0.5) is 10.2 Å².